The average molecular weight is 404 g/mol. The van der Waals surface area contributed by atoms with Gasteiger partial charge in [-0.25, -0.2) is 0 Å². The third-order valence-corrected chi connectivity index (χ3v) is 4.89. The number of amides is 1. The Morgan fingerprint density at radius 3 is 2.74 bits per heavy atom. The summed E-state index contributed by atoms with van der Waals surface area (Å²) in [6, 6.07) is 12.9. The molecule has 27 heavy (non-hydrogen) atoms. The third-order valence-electron chi connectivity index (χ3n) is 3.67. The Labute approximate surface area is 166 Å². The Hall–Kier alpha value is -2.51. The van der Waals surface area contributed by atoms with Gasteiger partial charge in [0.25, 0.3) is 5.89 Å². The highest BCUT2D eigenvalue weighted by molar-refractivity contribution is 7.99. The van der Waals surface area contributed by atoms with E-state index >= 15 is 0 Å². The second-order valence-electron chi connectivity index (χ2n) is 5.77. The molecule has 1 amide bonds. The van der Waals surface area contributed by atoms with Gasteiger partial charge in [0.2, 0.25) is 5.91 Å². The first-order valence-corrected chi connectivity index (χ1v) is 9.69. The lowest BCUT2D eigenvalue weighted by Gasteiger charge is -2.07. The van der Waals surface area contributed by atoms with Gasteiger partial charge in [-0.2, -0.15) is 4.98 Å². The molecule has 3 rings (SSSR count). The van der Waals surface area contributed by atoms with Crippen molar-refractivity contribution in [1.29, 1.82) is 0 Å². The SMILES string of the molecule is COc1ccc(NC(=O)CSCc2noc(-c3ccc(C)cc3)n2)cc1Cl. The fourth-order valence-corrected chi connectivity index (χ4v) is 3.22. The highest BCUT2D eigenvalue weighted by atomic mass is 35.5. The third kappa shape index (κ3) is 5.24. The summed E-state index contributed by atoms with van der Waals surface area (Å²) in [7, 11) is 1.54. The van der Waals surface area contributed by atoms with Crippen LogP contribution in [0.4, 0.5) is 5.69 Å². The Bertz CT molecular complexity index is 928. The number of carbonyl (C=O) groups is 1. The fraction of sp³-hybridized carbons (Fsp3) is 0.211. The van der Waals surface area contributed by atoms with Gasteiger partial charge in [-0.3, -0.25) is 4.79 Å². The van der Waals surface area contributed by atoms with E-state index in [0.717, 1.165) is 5.56 Å². The number of anilines is 1. The van der Waals surface area contributed by atoms with Crippen LogP contribution in [0.15, 0.2) is 47.0 Å². The molecule has 0 atom stereocenters. The van der Waals surface area contributed by atoms with Crippen molar-refractivity contribution in [1.82, 2.24) is 10.1 Å². The summed E-state index contributed by atoms with van der Waals surface area (Å²) in [5.41, 5.74) is 2.66. The largest absolute Gasteiger partial charge is 0.495 e. The summed E-state index contributed by atoms with van der Waals surface area (Å²) in [5, 5.41) is 7.19. The van der Waals surface area contributed by atoms with Crippen LogP contribution in [0, 0.1) is 6.92 Å². The summed E-state index contributed by atoms with van der Waals surface area (Å²) in [6.07, 6.45) is 0. The average Bonchev–Trinajstić information content (AvgIpc) is 3.11. The van der Waals surface area contributed by atoms with Crippen molar-refractivity contribution >= 4 is 35.0 Å². The van der Waals surface area contributed by atoms with Gasteiger partial charge in [0.15, 0.2) is 5.82 Å². The maximum Gasteiger partial charge on any atom is 0.257 e. The lowest BCUT2D eigenvalue weighted by molar-refractivity contribution is -0.113. The van der Waals surface area contributed by atoms with Crippen LogP contribution in [0.1, 0.15) is 11.4 Å². The van der Waals surface area contributed by atoms with E-state index in [1.807, 2.05) is 31.2 Å². The van der Waals surface area contributed by atoms with Crippen molar-refractivity contribution in [3.05, 3.63) is 58.9 Å². The molecule has 1 heterocycles. The van der Waals surface area contributed by atoms with Crippen molar-refractivity contribution < 1.29 is 14.1 Å². The highest BCUT2D eigenvalue weighted by Crippen LogP contribution is 2.27. The number of hydrogen-bond acceptors (Lipinski definition) is 6. The first-order valence-electron chi connectivity index (χ1n) is 8.16. The molecular formula is C19H18ClN3O3S. The van der Waals surface area contributed by atoms with Crippen molar-refractivity contribution in [2.45, 2.75) is 12.7 Å². The first-order chi connectivity index (χ1) is 13.0. The number of aromatic nitrogens is 2. The molecule has 2 aromatic carbocycles. The fourth-order valence-electron chi connectivity index (χ4n) is 2.30. The normalized spacial score (nSPS) is 10.6. The number of benzene rings is 2. The molecule has 0 spiro atoms. The minimum atomic E-state index is -0.136. The number of aryl methyl sites for hydroxylation is 1. The number of nitrogens with zero attached hydrogens (tertiary/aromatic N) is 2. The summed E-state index contributed by atoms with van der Waals surface area (Å²) >= 11 is 7.45. The van der Waals surface area contributed by atoms with Crippen LogP contribution >= 0.6 is 23.4 Å². The van der Waals surface area contributed by atoms with Gasteiger partial charge in [0, 0.05) is 11.3 Å². The Morgan fingerprint density at radius 2 is 2.04 bits per heavy atom. The summed E-state index contributed by atoms with van der Waals surface area (Å²) < 4.78 is 10.4. The molecule has 0 aliphatic carbocycles. The summed E-state index contributed by atoms with van der Waals surface area (Å²) in [5.74, 6) is 2.19. The van der Waals surface area contributed by atoms with Gasteiger partial charge >= 0.3 is 0 Å². The van der Waals surface area contributed by atoms with Gasteiger partial charge in [0.05, 0.1) is 23.6 Å². The first kappa shape index (κ1) is 19.3. The molecule has 3 aromatic rings. The summed E-state index contributed by atoms with van der Waals surface area (Å²) in [6.45, 7) is 2.02. The maximum atomic E-state index is 12.1. The van der Waals surface area contributed by atoms with Gasteiger partial charge in [-0.15, -0.1) is 11.8 Å². The highest BCUT2D eigenvalue weighted by Gasteiger charge is 2.10. The second-order valence-corrected chi connectivity index (χ2v) is 7.16. The second kappa shape index (κ2) is 8.92. The van der Waals surface area contributed by atoms with Crippen LogP contribution in [0.5, 0.6) is 5.75 Å². The van der Waals surface area contributed by atoms with E-state index in [9.17, 15) is 4.79 Å². The molecule has 8 heteroatoms. The molecule has 1 aromatic heterocycles. The van der Waals surface area contributed by atoms with Crippen molar-refractivity contribution in [3.63, 3.8) is 0 Å². The molecule has 0 radical (unpaired) electrons. The summed E-state index contributed by atoms with van der Waals surface area (Å²) in [4.78, 5) is 16.4. The van der Waals surface area contributed by atoms with Crippen LogP contribution < -0.4 is 10.1 Å². The van der Waals surface area contributed by atoms with E-state index in [-0.39, 0.29) is 11.7 Å². The zero-order valence-corrected chi connectivity index (χ0v) is 16.4. The zero-order chi connectivity index (χ0) is 19.2. The maximum absolute atomic E-state index is 12.1. The van der Waals surface area contributed by atoms with Crippen LogP contribution in [0.2, 0.25) is 5.02 Å². The predicted molar refractivity (Wildman–Crippen MR) is 107 cm³/mol. The quantitative estimate of drug-likeness (QED) is 0.622. The smallest absolute Gasteiger partial charge is 0.257 e. The topological polar surface area (TPSA) is 77.2 Å². The van der Waals surface area contributed by atoms with E-state index < -0.39 is 0 Å². The molecule has 0 unspecified atom stereocenters. The van der Waals surface area contributed by atoms with E-state index in [2.05, 4.69) is 15.5 Å². The van der Waals surface area contributed by atoms with Crippen LogP contribution in [0.3, 0.4) is 0 Å². The van der Waals surface area contributed by atoms with Crippen LogP contribution in [-0.4, -0.2) is 28.9 Å². The van der Waals surface area contributed by atoms with Gasteiger partial charge in [0.1, 0.15) is 5.75 Å². The number of rotatable bonds is 7. The lowest BCUT2D eigenvalue weighted by Crippen LogP contribution is -2.14. The standard InChI is InChI=1S/C19H18ClN3O3S/c1-12-3-5-13(6-4-12)19-22-17(23-26-19)10-27-11-18(24)21-14-7-8-16(25-2)15(20)9-14/h3-9H,10-11H2,1-2H3,(H,21,24). The van der Waals surface area contributed by atoms with Crippen molar-refractivity contribution in [3.8, 4) is 17.2 Å². The van der Waals surface area contributed by atoms with Crippen molar-refractivity contribution in [2.75, 3.05) is 18.2 Å². The number of ether oxygens (including phenoxy) is 1. The number of hydrogen-bond donors (Lipinski definition) is 1. The lowest BCUT2D eigenvalue weighted by atomic mass is 10.1. The number of carbonyl (C=O) groups excluding carboxylic acids is 1. The van der Waals surface area contributed by atoms with Crippen LogP contribution in [0.25, 0.3) is 11.5 Å². The van der Waals surface area contributed by atoms with Gasteiger partial charge in [-0.05, 0) is 37.3 Å². The molecule has 0 aliphatic rings. The van der Waals surface area contributed by atoms with E-state index in [0.29, 0.717) is 33.9 Å². The van der Waals surface area contributed by atoms with Crippen LogP contribution in [-0.2, 0) is 10.5 Å². The molecule has 140 valence electrons. The molecule has 0 aliphatic heterocycles. The minimum Gasteiger partial charge on any atom is -0.495 e. The molecular weight excluding hydrogens is 386 g/mol. The molecule has 0 saturated carbocycles. The Balaban J connectivity index is 1.49. The number of thioether (sulfide) groups is 1. The zero-order valence-electron chi connectivity index (χ0n) is 14.9. The molecule has 0 saturated heterocycles. The Morgan fingerprint density at radius 1 is 1.26 bits per heavy atom. The molecule has 0 fully saturated rings. The van der Waals surface area contributed by atoms with Gasteiger partial charge in [-0.1, -0.05) is 34.5 Å². The molecule has 0 bridgehead atoms. The monoisotopic (exact) mass is 403 g/mol. The Kier molecular flexibility index (Phi) is 6.36. The molecule has 6 nitrogen and oxygen atoms in total. The van der Waals surface area contributed by atoms with Crippen molar-refractivity contribution in [2.24, 2.45) is 0 Å². The minimum absolute atomic E-state index is 0.136. The predicted octanol–water partition coefficient (Wildman–Crippen LogP) is 4.58. The van der Waals surface area contributed by atoms with E-state index in [4.69, 9.17) is 20.9 Å². The number of methoxy groups -OCH3 is 1. The van der Waals surface area contributed by atoms with E-state index in [1.54, 1.807) is 18.2 Å². The van der Waals surface area contributed by atoms with E-state index in [1.165, 1.54) is 24.4 Å². The number of nitrogens with one attached hydrogen (secondary N) is 1. The van der Waals surface area contributed by atoms with Gasteiger partial charge < -0.3 is 14.6 Å². The molecule has 1 N–H and O–H groups in total. The number of halogens is 1.